The second-order valence-electron chi connectivity index (χ2n) is 3.07. The first kappa shape index (κ1) is 9.64. The third-order valence-corrected chi connectivity index (χ3v) is 1.95. The molecule has 0 radical (unpaired) electrons. The lowest BCUT2D eigenvalue weighted by Gasteiger charge is -2.00. The van der Waals surface area contributed by atoms with Crippen molar-refractivity contribution in [3.8, 4) is 0 Å². The first-order valence-electron chi connectivity index (χ1n) is 4.72. The first-order chi connectivity index (χ1) is 7.29. The Hall–Kier alpha value is -1.91. The zero-order valence-electron chi connectivity index (χ0n) is 8.38. The number of nitrogens with zero attached hydrogens (tertiary/aromatic N) is 3. The monoisotopic (exact) mass is 205 g/mol. The summed E-state index contributed by atoms with van der Waals surface area (Å²) >= 11 is 0. The molecule has 15 heavy (non-hydrogen) atoms. The molecule has 0 bridgehead atoms. The summed E-state index contributed by atoms with van der Waals surface area (Å²) in [5, 5.41) is 5.13. The van der Waals surface area contributed by atoms with Crippen molar-refractivity contribution >= 4 is 16.9 Å². The molecule has 2 rings (SSSR count). The number of rotatable bonds is 3. The standard InChI is InChI=1S/C10H11N3O2/c1-2-15-10(14)7-13-6-8-5-11-4-3-9(8)12-13/h3-6H,2,7H2,1H3. The molecule has 0 spiro atoms. The van der Waals surface area contributed by atoms with Crippen LogP contribution >= 0.6 is 0 Å². The topological polar surface area (TPSA) is 57.0 Å². The minimum absolute atomic E-state index is 0.141. The maximum absolute atomic E-state index is 11.2. The van der Waals surface area contributed by atoms with Gasteiger partial charge in [0.05, 0.1) is 12.1 Å². The van der Waals surface area contributed by atoms with Gasteiger partial charge in [0.2, 0.25) is 0 Å². The van der Waals surface area contributed by atoms with E-state index < -0.39 is 0 Å². The molecule has 0 aliphatic heterocycles. The number of ether oxygens (including phenoxy) is 1. The average Bonchev–Trinajstić information content (AvgIpc) is 2.59. The van der Waals surface area contributed by atoms with Gasteiger partial charge in [-0.25, -0.2) is 0 Å². The fourth-order valence-corrected chi connectivity index (χ4v) is 1.34. The van der Waals surface area contributed by atoms with Crippen molar-refractivity contribution in [2.75, 3.05) is 6.61 Å². The first-order valence-corrected chi connectivity index (χ1v) is 4.72. The van der Waals surface area contributed by atoms with E-state index in [2.05, 4.69) is 10.1 Å². The lowest BCUT2D eigenvalue weighted by atomic mass is 10.3. The van der Waals surface area contributed by atoms with Crippen LogP contribution < -0.4 is 0 Å². The number of esters is 1. The number of hydrogen-bond donors (Lipinski definition) is 0. The summed E-state index contributed by atoms with van der Waals surface area (Å²) in [6.45, 7) is 2.31. The molecule has 2 aromatic heterocycles. The van der Waals surface area contributed by atoms with Crippen LogP contribution in [0.25, 0.3) is 10.9 Å². The van der Waals surface area contributed by atoms with E-state index in [1.54, 1.807) is 36.3 Å². The van der Waals surface area contributed by atoms with Gasteiger partial charge in [-0.2, -0.15) is 5.10 Å². The van der Waals surface area contributed by atoms with Crippen molar-refractivity contribution in [1.29, 1.82) is 0 Å². The predicted molar refractivity (Wildman–Crippen MR) is 54.2 cm³/mol. The van der Waals surface area contributed by atoms with Crippen LogP contribution in [-0.4, -0.2) is 27.3 Å². The lowest BCUT2D eigenvalue weighted by Crippen LogP contribution is -2.13. The molecule has 0 unspecified atom stereocenters. The van der Waals surface area contributed by atoms with Crippen molar-refractivity contribution in [1.82, 2.24) is 14.8 Å². The molecule has 5 heteroatoms. The summed E-state index contributed by atoms with van der Waals surface area (Å²) < 4.78 is 6.39. The van der Waals surface area contributed by atoms with E-state index in [0.717, 1.165) is 10.9 Å². The molecule has 0 aliphatic rings. The van der Waals surface area contributed by atoms with E-state index in [4.69, 9.17) is 4.74 Å². The van der Waals surface area contributed by atoms with E-state index >= 15 is 0 Å². The zero-order valence-corrected chi connectivity index (χ0v) is 8.38. The van der Waals surface area contributed by atoms with E-state index in [1.165, 1.54) is 0 Å². The molecule has 0 atom stereocenters. The molecule has 0 fully saturated rings. The fourth-order valence-electron chi connectivity index (χ4n) is 1.34. The summed E-state index contributed by atoms with van der Waals surface area (Å²) in [6, 6.07) is 1.80. The normalized spacial score (nSPS) is 10.5. The third kappa shape index (κ3) is 2.12. The van der Waals surface area contributed by atoms with Crippen LogP contribution in [0.2, 0.25) is 0 Å². The van der Waals surface area contributed by atoms with Crippen molar-refractivity contribution < 1.29 is 9.53 Å². The Bertz CT molecular complexity index is 445. The maximum Gasteiger partial charge on any atom is 0.327 e. The van der Waals surface area contributed by atoms with E-state index in [9.17, 15) is 4.79 Å². The zero-order chi connectivity index (χ0) is 10.7. The molecular formula is C10H11N3O2. The molecule has 0 aliphatic carbocycles. The van der Waals surface area contributed by atoms with Crippen LogP contribution in [0.5, 0.6) is 0 Å². The van der Waals surface area contributed by atoms with E-state index in [1.807, 2.05) is 0 Å². The highest BCUT2D eigenvalue weighted by atomic mass is 16.5. The predicted octanol–water partition coefficient (Wildman–Crippen LogP) is 0.994. The van der Waals surface area contributed by atoms with Gasteiger partial charge in [-0.15, -0.1) is 0 Å². The number of carbonyl (C=O) groups excluding carboxylic acids is 1. The van der Waals surface area contributed by atoms with Crippen molar-refractivity contribution in [3.05, 3.63) is 24.7 Å². The van der Waals surface area contributed by atoms with Crippen LogP contribution in [0.4, 0.5) is 0 Å². The Morgan fingerprint density at radius 3 is 3.20 bits per heavy atom. The van der Waals surface area contributed by atoms with Gasteiger partial charge in [0.25, 0.3) is 0 Å². The van der Waals surface area contributed by atoms with Crippen LogP contribution in [0.15, 0.2) is 24.7 Å². The number of carbonyl (C=O) groups is 1. The molecule has 5 nitrogen and oxygen atoms in total. The molecule has 78 valence electrons. The third-order valence-electron chi connectivity index (χ3n) is 1.95. The lowest BCUT2D eigenvalue weighted by molar-refractivity contribution is -0.144. The Labute approximate surface area is 86.7 Å². The van der Waals surface area contributed by atoms with Gasteiger partial charge in [-0.1, -0.05) is 0 Å². The molecule has 0 N–H and O–H groups in total. The molecular weight excluding hydrogens is 194 g/mol. The molecule has 0 amide bonds. The fraction of sp³-hybridized carbons (Fsp3) is 0.300. The van der Waals surface area contributed by atoms with Crippen molar-refractivity contribution in [3.63, 3.8) is 0 Å². The van der Waals surface area contributed by atoms with Gasteiger partial charge in [0.1, 0.15) is 6.54 Å². The van der Waals surface area contributed by atoms with Gasteiger partial charge in [-0.05, 0) is 13.0 Å². The molecule has 0 aromatic carbocycles. The van der Waals surface area contributed by atoms with Gasteiger partial charge >= 0.3 is 5.97 Å². The number of aromatic nitrogens is 3. The van der Waals surface area contributed by atoms with Gasteiger partial charge in [0, 0.05) is 24.0 Å². The summed E-state index contributed by atoms with van der Waals surface area (Å²) in [7, 11) is 0. The molecule has 0 saturated carbocycles. The second-order valence-corrected chi connectivity index (χ2v) is 3.07. The highest BCUT2D eigenvalue weighted by molar-refractivity contribution is 5.77. The minimum atomic E-state index is -0.279. The Morgan fingerprint density at radius 1 is 1.60 bits per heavy atom. The highest BCUT2D eigenvalue weighted by Gasteiger charge is 2.05. The van der Waals surface area contributed by atoms with E-state index in [-0.39, 0.29) is 12.5 Å². The number of fused-ring (bicyclic) bond motifs is 1. The summed E-state index contributed by atoms with van der Waals surface area (Å²) in [5.41, 5.74) is 0.828. The Balaban J connectivity index is 2.18. The minimum Gasteiger partial charge on any atom is -0.465 e. The number of hydrogen-bond acceptors (Lipinski definition) is 4. The molecule has 0 saturated heterocycles. The summed E-state index contributed by atoms with van der Waals surface area (Å²) in [5.74, 6) is -0.279. The summed E-state index contributed by atoms with van der Waals surface area (Å²) in [4.78, 5) is 15.2. The summed E-state index contributed by atoms with van der Waals surface area (Å²) in [6.07, 6.45) is 5.16. The number of pyridine rings is 1. The Morgan fingerprint density at radius 2 is 2.47 bits per heavy atom. The highest BCUT2D eigenvalue weighted by Crippen LogP contribution is 2.08. The smallest absolute Gasteiger partial charge is 0.327 e. The average molecular weight is 205 g/mol. The maximum atomic E-state index is 11.2. The van der Waals surface area contributed by atoms with Crippen LogP contribution in [0, 0.1) is 0 Å². The Kier molecular flexibility index (Phi) is 2.62. The van der Waals surface area contributed by atoms with Crippen molar-refractivity contribution in [2.45, 2.75) is 13.5 Å². The van der Waals surface area contributed by atoms with Crippen LogP contribution in [-0.2, 0) is 16.1 Å². The SMILES string of the molecule is CCOC(=O)Cn1cc2cnccc2n1. The van der Waals surface area contributed by atoms with Crippen molar-refractivity contribution in [2.24, 2.45) is 0 Å². The van der Waals surface area contributed by atoms with Gasteiger partial charge < -0.3 is 4.74 Å². The van der Waals surface area contributed by atoms with Gasteiger partial charge in [0.15, 0.2) is 0 Å². The second kappa shape index (κ2) is 4.08. The van der Waals surface area contributed by atoms with Crippen LogP contribution in [0.3, 0.4) is 0 Å². The largest absolute Gasteiger partial charge is 0.465 e. The quantitative estimate of drug-likeness (QED) is 0.701. The van der Waals surface area contributed by atoms with Crippen LogP contribution in [0.1, 0.15) is 6.92 Å². The molecule has 2 aromatic rings. The molecule has 2 heterocycles. The van der Waals surface area contributed by atoms with Gasteiger partial charge in [-0.3, -0.25) is 14.5 Å². The van der Waals surface area contributed by atoms with E-state index in [0.29, 0.717) is 6.61 Å².